The molecule has 4 nitrogen and oxygen atoms in total. The van der Waals surface area contributed by atoms with Crippen LogP contribution in [0.4, 0.5) is 0 Å². The summed E-state index contributed by atoms with van der Waals surface area (Å²) in [6.07, 6.45) is 0.335. The van der Waals surface area contributed by atoms with Crippen molar-refractivity contribution >= 4 is 5.97 Å². The maximum Gasteiger partial charge on any atom is 0.306 e. The smallest absolute Gasteiger partial charge is 0.306 e. The van der Waals surface area contributed by atoms with Crippen molar-refractivity contribution in [3.63, 3.8) is 0 Å². The van der Waals surface area contributed by atoms with Crippen LogP contribution in [0.25, 0.3) is 0 Å². The molecule has 4 heteroatoms. The molecule has 1 heterocycles. The minimum absolute atomic E-state index is 0.00168. The van der Waals surface area contributed by atoms with E-state index in [9.17, 15) is 4.79 Å². The highest BCUT2D eigenvalue weighted by atomic mass is 16.5. The van der Waals surface area contributed by atoms with E-state index in [0.29, 0.717) is 13.0 Å². The minimum Gasteiger partial charge on any atom is -0.493 e. The number of esters is 1. The number of carbonyl (C=O) groups excluding carboxylic acids is 1. The normalized spacial score (nSPS) is 17.8. The first-order valence-electron chi connectivity index (χ1n) is 5.18. The molecule has 0 saturated heterocycles. The van der Waals surface area contributed by atoms with Crippen LogP contribution in [-0.4, -0.2) is 24.8 Å². The Morgan fingerprint density at radius 3 is 3.12 bits per heavy atom. The van der Waals surface area contributed by atoms with E-state index in [0.717, 1.165) is 16.9 Å². The molecule has 0 fully saturated rings. The van der Waals surface area contributed by atoms with Crippen molar-refractivity contribution in [3.05, 3.63) is 29.3 Å². The number of methoxy groups -OCH3 is 1. The highest BCUT2D eigenvalue weighted by Gasteiger charge is 2.26. The summed E-state index contributed by atoms with van der Waals surface area (Å²) in [5.41, 5.74) is 1.83. The van der Waals surface area contributed by atoms with Crippen molar-refractivity contribution in [2.75, 3.05) is 13.7 Å². The molecule has 0 radical (unpaired) electrons. The third kappa shape index (κ3) is 2.02. The van der Waals surface area contributed by atoms with Gasteiger partial charge in [-0.1, -0.05) is 12.1 Å². The van der Waals surface area contributed by atoms with Crippen LogP contribution in [0.1, 0.15) is 23.5 Å². The maximum atomic E-state index is 11.2. The molecule has 16 heavy (non-hydrogen) atoms. The molecule has 86 valence electrons. The summed E-state index contributed by atoms with van der Waals surface area (Å²) in [5.74, 6) is 0.600. The number of fused-ring (bicyclic) bond motifs is 1. The van der Waals surface area contributed by atoms with E-state index in [1.165, 1.54) is 7.11 Å². The standard InChI is InChI=1S/C12H14O4/c1-15-12(14)5-9-7-16-11-4-8(6-13)2-3-10(9)11/h2-4,9,13H,5-7H2,1H3/t9-/m1/s1. The predicted molar refractivity (Wildman–Crippen MR) is 57.2 cm³/mol. The monoisotopic (exact) mass is 222 g/mol. The topological polar surface area (TPSA) is 55.8 Å². The Hall–Kier alpha value is -1.55. The van der Waals surface area contributed by atoms with E-state index in [-0.39, 0.29) is 18.5 Å². The summed E-state index contributed by atoms with van der Waals surface area (Å²) in [5, 5.41) is 8.99. The molecule has 2 rings (SSSR count). The van der Waals surface area contributed by atoms with Crippen LogP contribution < -0.4 is 4.74 Å². The van der Waals surface area contributed by atoms with Gasteiger partial charge in [-0.3, -0.25) is 4.79 Å². The average Bonchev–Trinajstić information content (AvgIpc) is 2.71. The van der Waals surface area contributed by atoms with Crippen LogP contribution in [0.15, 0.2) is 18.2 Å². The number of carbonyl (C=O) groups is 1. The molecule has 0 unspecified atom stereocenters. The third-order valence-electron chi connectivity index (χ3n) is 2.78. The Balaban J connectivity index is 2.17. The first-order valence-corrected chi connectivity index (χ1v) is 5.18. The van der Waals surface area contributed by atoms with Gasteiger partial charge in [0.15, 0.2) is 0 Å². The molecule has 1 aromatic carbocycles. The quantitative estimate of drug-likeness (QED) is 0.781. The number of aliphatic hydroxyl groups is 1. The van der Waals surface area contributed by atoms with Crippen LogP contribution >= 0.6 is 0 Å². The SMILES string of the molecule is COC(=O)C[C@@H]1COc2cc(CO)ccc21. The van der Waals surface area contributed by atoms with Crippen molar-refractivity contribution in [3.8, 4) is 5.75 Å². The molecule has 0 saturated carbocycles. The van der Waals surface area contributed by atoms with Crippen molar-refractivity contribution in [1.29, 1.82) is 0 Å². The van der Waals surface area contributed by atoms with Gasteiger partial charge in [-0.05, 0) is 11.6 Å². The van der Waals surface area contributed by atoms with E-state index >= 15 is 0 Å². The van der Waals surface area contributed by atoms with E-state index in [1.54, 1.807) is 0 Å². The fraction of sp³-hybridized carbons (Fsp3) is 0.417. The molecular formula is C12H14O4. The first kappa shape index (κ1) is 11.0. The molecular weight excluding hydrogens is 208 g/mol. The zero-order chi connectivity index (χ0) is 11.5. The first-order chi connectivity index (χ1) is 7.74. The Kier molecular flexibility index (Phi) is 3.10. The highest BCUT2D eigenvalue weighted by molar-refractivity contribution is 5.71. The predicted octanol–water partition coefficient (Wildman–Crippen LogP) is 1.22. The van der Waals surface area contributed by atoms with Crippen molar-refractivity contribution in [2.24, 2.45) is 0 Å². The van der Waals surface area contributed by atoms with Gasteiger partial charge in [0.2, 0.25) is 0 Å². The second-order valence-corrected chi connectivity index (χ2v) is 3.82. The van der Waals surface area contributed by atoms with Crippen molar-refractivity contribution < 1.29 is 19.4 Å². The van der Waals surface area contributed by atoms with Crippen LogP contribution in [0, 0.1) is 0 Å². The number of aliphatic hydroxyl groups excluding tert-OH is 1. The lowest BCUT2D eigenvalue weighted by atomic mass is 9.97. The number of hydrogen-bond acceptors (Lipinski definition) is 4. The van der Waals surface area contributed by atoms with Gasteiger partial charge in [0.1, 0.15) is 5.75 Å². The van der Waals surface area contributed by atoms with Gasteiger partial charge in [-0.15, -0.1) is 0 Å². The van der Waals surface area contributed by atoms with E-state index in [4.69, 9.17) is 9.84 Å². The molecule has 1 aliphatic heterocycles. The van der Waals surface area contributed by atoms with Crippen LogP contribution in [0.2, 0.25) is 0 Å². The number of rotatable bonds is 3. The lowest BCUT2D eigenvalue weighted by Gasteiger charge is -2.06. The summed E-state index contributed by atoms with van der Waals surface area (Å²) in [7, 11) is 1.38. The maximum absolute atomic E-state index is 11.2. The van der Waals surface area contributed by atoms with Crippen molar-refractivity contribution in [2.45, 2.75) is 18.9 Å². The summed E-state index contributed by atoms with van der Waals surface area (Å²) in [6.45, 7) is 0.498. The molecule has 0 bridgehead atoms. The van der Waals surface area contributed by atoms with E-state index in [2.05, 4.69) is 4.74 Å². The molecule has 0 aromatic heterocycles. The van der Waals surface area contributed by atoms with Crippen LogP contribution in [0.5, 0.6) is 5.75 Å². The molecule has 1 aliphatic rings. The van der Waals surface area contributed by atoms with Crippen molar-refractivity contribution in [1.82, 2.24) is 0 Å². The van der Waals surface area contributed by atoms with Crippen LogP contribution in [0.3, 0.4) is 0 Å². The van der Waals surface area contributed by atoms with Gasteiger partial charge in [0.05, 0.1) is 26.7 Å². The molecule has 1 aromatic rings. The molecule has 1 N–H and O–H groups in total. The van der Waals surface area contributed by atoms with Crippen LogP contribution in [-0.2, 0) is 16.1 Å². The zero-order valence-corrected chi connectivity index (χ0v) is 9.10. The lowest BCUT2D eigenvalue weighted by molar-refractivity contribution is -0.141. The summed E-state index contributed by atoms with van der Waals surface area (Å²) in [4.78, 5) is 11.2. The fourth-order valence-corrected chi connectivity index (χ4v) is 1.87. The fourth-order valence-electron chi connectivity index (χ4n) is 1.87. The van der Waals surface area contributed by atoms with E-state index in [1.807, 2.05) is 18.2 Å². The number of hydrogen-bond donors (Lipinski definition) is 1. The van der Waals surface area contributed by atoms with Gasteiger partial charge in [0, 0.05) is 11.5 Å². The van der Waals surface area contributed by atoms with E-state index < -0.39 is 0 Å². The van der Waals surface area contributed by atoms with Gasteiger partial charge < -0.3 is 14.6 Å². The lowest BCUT2D eigenvalue weighted by Crippen LogP contribution is -2.09. The summed E-state index contributed by atoms with van der Waals surface area (Å²) in [6, 6.07) is 5.56. The summed E-state index contributed by atoms with van der Waals surface area (Å²) >= 11 is 0. The second-order valence-electron chi connectivity index (χ2n) is 3.82. The number of ether oxygens (including phenoxy) is 2. The van der Waals surface area contributed by atoms with Gasteiger partial charge >= 0.3 is 5.97 Å². The molecule has 0 aliphatic carbocycles. The Labute approximate surface area is 93.8 Å². The number of benzene rings is 1. The Morgan fingerprint density at radius 1 is 1.62 bits per heavy atom. The molecule has 0 amide bonds. The largest absolute Gasteiger partial charge is 0.493 e. The van der Waals surface area contributed by atoms with Gasteiger partial charge in [-0.25, -0.2) is 0 Å². The average molecular weight is 222 g/mol. The second kappa shape index (κ2) is 4.53. The minimum atomic E-state index is -0.229. The van der Waals surface area contributed by atoms with Gasteiger partial charge in [0.25, 0.3) is 0 Å². The van der Waals surface area contributed by atoms with Gasteiger partial charge in [-0.2, -0.15) is 0 Å². The Bertz CT molecular complexity index is 400. The molecule has 1 atom stereocenters. The highest BCUT2D eigenvalue weighted by Crippen LogP contribution is 2.36. The molecule has 0 spiro atoms. The summed E-state index contributed by atoms with van der Waals surface area (Å²) < 4.78 is 10.1. The third-order valence-corrected chi connectivity index (χ3v) is 2.78. The zero-order valence-electron chi connectivity index (χ0n) is 9.10. The Morgan fingerprint density at radius 2 is 2.44 bits per heavy atom.